The van der Waals surface area contributed by atoms with Crippen LogP contribution in [0.4, 0.5) is 23.5 Å². The van der Waals surface area contributed by atoms with Crippen LogP contribution in [0.1, 0.15) is 35.1 Å². The standard InChI is InChI=1S/C23H27N7/c1-16-13-17(2)20(18(3)14-16)15-24-29-22-26-21(25-19-9-5-4-6-10-19)27-23(28-22)30-11-7-8-12-30/h4-6,9-10,13-15H,7-8,11-12H2,1-3H3,(H2,25,26,27,28,29)/b24-15-. The Morgan fingerprint density at radius 2 is 1.57 bits per heavy atom. The van der Waals surface area contributed by atoms with Crippen molar-refractivity contribution in [3.05, 3.63) is 64.7 Å². The highest BCUT2D eigenvalue weighted by atomic mass is 15.4. The lowest BCUT2D eigenvalue weighted by Crippen LogP contribution is -2.21. The third-order valence-corrected chi connectivity index (χ3v) is 5.14. The van der Waals surface area contributed by atoms with Gasteiger partial charge in [-0.15, -0.1) is 0 Å². The number of benzene rings is 2. The molecule has 7 heteroatoms. The first-order chi connectivity index (χ1) is 14.6. The van der Waals surface area contributed by atoms with Crippen molar-refractivity contribution in [1.82, 2.24) is 15.0 Å². The summed E-state index contributed by atoms with van der Waals surface area (Å²) in [5, 5.41) is 7.66. The van der Waals surface area contributed by atoms with E-state index in [0.29, 0.717) is 17.8 Å². The minimum atomic E-state index is 0.420. The predicted molar refractivity (Wildman–Crippen MR) is 123 cm³/mol. The molecule has 0 unspecified atom stereocenters. The molecule has 154 valence electrons. The van der Waals surface area contributed by atoms with Gasteiger partial charge in [-0.1, -0.05) is 35.9 Å². The summed E-state index contributed by atoms with van der Waals surface area (Å²) in [6.07, 6.45) is 4.13. The molecule has 0 aliphatic carbocycles. The topological polar surface area (TPSA) is 78.3 Å². The number of para-hydroxylation sites is 1. The lowest BCUT2D eigenvalue weighted by atomic mass is 10.0. The van der Waals surface area contributed by atoms with Gasteiger partial charge in [0, 0.05) is 24.3 Å². The van der Waals surface area contributed by atoms with Crippen LogP contribution in [0.5, 0.6) is 0 Å². The number of rotatable bonds is 6. The van der Waals surface area contributed by atoms with Crippen molar-refractivity contribution in [2.75, 3.05) is 28.7 Å². The van der Waals surface area contributed by atoms with Gasteiger partial charge in [0.05, 0.1) is 6.21 Å². The lowest BCUT2D eigenvalue weighted by Gasteiger charge is -2.16. The summed E-state index contributed by atoms with van der Waals surface area (Å²) in [6, 6.07) is 14.2. The second kappa shape index (κ2) is 8.90. The number of hydrogen-bond acceptors (Lipinski definition) is 7. The van der Waals surface area contributed by atoms with Gasteiger partial charge < -0.3 is 10.2 Å². The predicted octanol–water partition coefficient (Wildman–Crippen LogP) is 4.59. The molecule has 4 rings (SSSR count). The van der Waals surface area contributed by atoms with Crippen LogP contribution in [-0.4, -0.2) is 34.3 Å². The second-order valence-corrected chi connectivity index (χ2v) is 7.65. The van der Waals surface area contributed by atoms with E-state index in [-0.39, 0.29) is 0 Å². The van der Waals surface area contributed by atoms with Crippen LogP contribution in [0.3, 0.4) is 0 Å². The highest BCUT2D eigenvalue weighted by Gasteiger charge is 2.17. The maximum atomic E-state index is 4.62. The van der Waals surface area contributed by atoms with Crippen molar-refractivity contribution >= 4 is 29.7 Å². The molecule has 7 nitrogen and oxygen atoms in total. The number of nitrogens with zero attached hydrogens (tertiary/aromatic N) is 5. The normalized spacial score (nSPS) is 13.8. The van der Waals surface area contributed by atoms with E-state index in [0.717, 1.165) is 37.2 Å². The molecule has 1 saturated heterocycles. The molecule has 0 saturated carbocycles. The van der Waals surface area contributed by atoms with E-state index >= 15 is 0 Å². The molecular formula is C23H27N7. The molecule has 1 aromatic heterocycles. The molecular weight excluding hydrogens is 374 g/mol. The molecule has 0 atom stereocenters. The van der Waals surface area contributed by atoms with Gasteiger partial charge >= 0.3 is 0 Å². The Kier molecular flexibility index (Phi) is 5.88. The largest absolute Gasteiger partial charge is 0.341 e. The minimum absolute atomic E-state index is 0.420. The molecule has 3 aromatic rings. The second-order valence-electron chi connectivity index (χ2n) is 7.65. The quantitative estimate of drug-likeness (QED) is 0.465. The van der Waals surface area contributed by atoms with E-state index in [9.17, 15) is 0 Å². The first-order valence-corrected chi connectivity index (χ1v) is 10.3. The molecule has 1 fully saturated rings. The fourth-order valence-electron chi connectivity index (χ4n) is 3.73. The molecule has 0 spiro atoms. The number of anilines is 4. The van der Waals surface area contributed by atoms with Crippen molar-refractivity contribution in [1.29, 1.82) is 0 Å². The number of aryl methyl sites for hydroxylation is 3. The lowest BCUT2D eigenvalue weighted by molar-refractivity contribution is 0.883. The molecule has 30 heavy (non-hydrogen) atoms. The van der Waals surface area contributed by atoms with E-state index in [1.807, 2.05) is 36.5 Å². The van der Waals surface area contributed by atoms with Crippen LogP contribution in [0.2, 0.25) is 0 Å². The highest BCUT2D eigenvalue weighted by Crippen LogP contribution is 2.21. The molecule has 0 radical (unpaired) electrons. The minimum Gasteiger partial charge on any atom is -0.341 e. The summed E-state index contributed by atoms with van der Waals surface area (Å²) in [4.78, 5) is 15.9. The average Bonchev–Trinajstić information content (AvgIpc) is 3.25. The van der Waals surface area contributed by atoms with Gasteiger partial charge in [0.2, 0.25) is 17.8 Å². The van der Waals surface area contributed by atoms with Crippen LogP contribution in [0.25, 0.3) is 0 Å². The zero-order chi connectivity index (χ0) is 20.9. The van der Waals surface area contributed by atoms with Crippen LogP contribution in [-0.2, 0) is 0 Å². The molecule has 1 aliphatic rings. The van der Waals surface area contributed by atoms with Crippen LogP contribution >= 0.6 is 0 Å². The zero-order valence-corrected chi connectivity index (χ0v) is 17.7. The smallest absolute Gasteiger partial charge is 0.250 e. The fraction of sp³-hybridized carbons (Fsp3) is 0.304. The van der Waals surface area contributed by atoms with Gasteiger partial charge in [-0.3, -0.25) is 0 Å². The SMILES string of the molecule is Cc1cc(C)c(/C=N\Nc2nc(Nc3ccccc3)nc(N3CCCC3)n2)c(C)c1. The van der Waals surface area contributed by atoms with Gasteiger partial charge in [-0.25, -0.2) is 5.43 Å². The van der Waals surface area contributed by atoms with Crippen molar-refractivity contribution in [2.24, 2.45) is 5.10 Å². The molecule has 0 bridgehead atoms. The Morgan fingerprint density at radius 3 is 2.27 bits per heavy atom. The van der Waals surface area contributed by atoms with Crippen LogP contribution in [0.15, 0.2) is 47.6 Å². The first-order valence-electron chi connectivity index (χ1n) is 10.3. The first kappa shape index (κ1) is 19.8. The maximum Gasteiger partial charge on any atom is 0.250 e. The Hall–Kier alpha value is -3.48. The van der Waals surface area contributed by atoms with E-state index in [1.54, 1.807) is 0 Å². The fourth-order valence-corrected chi connectivity index (χ4v) is 3.73. The van der Waals surface area contributed by atoms with Gasteiger partial charge in [0.25, 0.3) is 0 Å². The summed E-state index contributed by atoms with van der Waals surface area (Å²) < 4.78 is 0. The van der Waals surface area contributed by atoms with Crippen LogP contribution < -0.4 is 15.6 Å². The monoisotopic (exact) mass is 401 g/mol. The van der Waals surface area contributed by atoms with E-state index in [1.165, 1.54) is 16.7 Å². The van der Waals surface area contributed by atoms with Gasteiger partial charge in [0.1, 0.15) is 0 Å². The van der Waals surface area contributed by atoms with Gasteiger partial charge in [0.15, 0.2) is 0 Å². The summed E-state index contributed by atoms with van der Waals surface area (Å²) >= 11 is 0. The number of hydrazone groups is 1. The van der Waals surface area contributed by atoms with Crippen molar-refractivity contribution < 1.29 is 0 Å². The Bertz CT molecular complexity index is 1020. The zero-order valence-electron chi connectivity index (χ0n) is 17.7. The summed E-state index contributed by atoms with van der Waals surface area (Å²) in [6.45, 7) is 8.21. The summed E-state index contributed by atoms with van der Waals surface area (Å²) in [7, 11) is 0. The van der Waals surface area contributed by atoms with Crippen molar-refractivity contribution in [3.63, 3.8) is 0 Å². The van der Waals surface area contributed by atoms with Gasteiger partial charge in [-0.2, -0.15) is 20.1 Å². The molecule has 0 amide bonds. The van der Waals surface area contributed by atoms with E-state index in [4.69, 9.17) is 0 Å². The summed E-state index contributed by atoms with van der Waals surface area (Å²) in [5.41, 5.74) is 8.66. The summed E-state index contributed by atoms with van der Waals surface area (Å²) in [5.74, 6) is 1.59. The molecule has 2 aromatic carbocycles. The number of nitrogens with one attached hydrogen (secondary N) is 2. The van der Waals surface area contributed by atoms with Gasteiger partial charge in [-0.05, 0) is 56.9 Å². The maximum absolute atomic E-state index is 4.62. The van der Waals surface area contributed by atoms with Crippen molar-refractivity contribution in [2.45, 2.75) is 33.6 Å². The third-order valence-electron chi connectivity index (χ3n) is 5.14. The number of aromatic nitrogens is 3. The Morgan fingerprint density at radius 1 is 0.900 bits per heavy atom. The van der Waals surface area contributed by atoms with E-state index in [2.05, 4.69) is 68.6 Å². The van der Waals surface area contributed by atoms with Crippen LogP contribution in [0, 0.1) is 20.8 Å². The Balaban J connectivity index is 1.58. The highest BCUT2D eigenvalue weighted by molar-refractivity contribution is 5.84. The molecule has 1 aliphatic heterocycles. The Labute approximate surface area is 177 Å². The molecule has 2 heterocycles. The molecule has 2 N–H and O–H groups in total. The third kappa shape index (κ3) is 4.74. The van der Waals surface area contributed by atoms with E-state index < -0.39 is 0 Å². The number of hydrogen-bond donors (Lipinski definition) is 2. The average molecular weight is 402 g/mol. The van der Waals surface area contributed by atoms with Crippen molar-refractivity contribution in [3.8, 4) is 0 Å².